The van der Waals surface area contributed by atoms with Gasteiger partial charge in [0.25, 0.3) is 11.8 Å². The number of alkyl halides is 3. The van der Waals surface area contributed by atoms with E-state index in [2.05, 4.69) is 19.2 Å². The Morgan fingerprint density at radius 2 is 1.80 bits per heavy atom. The van der Waals surface area contributed by atoms with Crippen LogP contribution in [0.1, 0.15) is 41.0 Å². The molecular weight excluding hydrogens is 513 g/mol. The molecule has 1 saturated heterocycles. The van der Waals surface area contributed by atoms with E-state index < -0.39 is 27.4 Å². The Bertz CT molecular complexity index is 1300. The standard InChI is InChI=1S/C20H20N2O4S.CHF3O3S/c1-10(2)12-8-14(21-9-12)20(25)27-15-7-6-11-4-3-5-13-16(11)17(15)19(24)22(26)18(13)23;2-1(3,4)8(5,6)7/h3-7,10,12,14,21,26H,8-9H2,1-2H3;(H,5,6,7). The van der Waals surface area contributed by atoms with E-state index in [-0.39, 0.29) is 27.3 Å². The zero-order chi connectivity index (χ0) is 26.3. The fourth-order valence-electron chi connectivity index (χ4n) is 3.78. The molecule has 0 aromatic heterocycles. The van der Waals surface area contributed by atoms with Crippen LogP contribution in [0.25, 0.3) is 10.8 Å². The Morgan fingerprint density at radius 1 is 1.17 bits per heavy atom. The van der Waals surface area contributed by atoms with Crippen molar-refractivity contribution in [1.29, 1.82) is 0 Å². The van der Waals surface area contributed by atoms with Crippen molar-refractivity contribution < 1.29 is 45.7 Å². The fraction of sp³-hybridized carbons (Fsp3) is 0.381. The van der Waals surface area contributed by atoms with Crippen molar-refractivity contribution in [3.05, 3.63) is 41.5 Å². The number of imide groups is 1. The van der Waals surface area contributed by atoms with Gasteiger partial charge in [-0.25, -0.2) is 0 Å². The molecule has 0 bridgehead atoms. The van der Waals surface area contributed by atoms with E-state index in [1.807, 2.05) is 0 Å². The van der Waals surface area contributed by atoms with Crippen LogP contribution in [0.15, 0.2) is 35.2 Å². The highest BCUT2D eigenvalue weighted by Gasteiger charge is 2.44. The van der Waals surface area contributed by atoms with Gasteiger partial charge in [0.2, 0.25) is 5.12 Å². The lowest BCUT2D eigenvalue weighted by Gasteiger charge is -2.23. The van der Waals surface area contributed by atoms with Crippen molar-refractivity contribution in [2.75, 3.05) is 6.54 Å². The molecule has 2 aliphatic heterocycles. The monoisotopic (exact) mass is 534 g/mol. The molecule has 14 heteroatoms. The van der Waals surface area contributed by atoms with Gasteiger partial charge >= 0.3 is 15.6 Å². The summed E-state index contributed by atoms with van der Waals surface area (Å²) in [6.07, 6.45) is 0.774. The second kappa shape index (κ2) is 9.85. The summed E-state index contributed by atoms with van der Waals surface area (Å²) >= 11 is 0.999. The Labute approximate surface area is 202 Å². The summed E-state index contributed by atoms with van der Waals surface area (Å²) in [7, 11) is -5.84. The van der Waals surface area contributed by atoms with Gasteiger partial charge in [-0.1, -0.05) is 32.0 Å². The molecule has 2 heterocycles. The molecular formula is C21H21F3N2O7S2. The third-order valence-electron chi connectivity index (χ3n) is 5.73. The van der Waals surface area contributed by atoms with Gasteiger partial charge < -0.3 is 5.32 Å². The van der Waals surface area contributed by atoms with Gasteiger partial charge in [0.1, 0.15) is 0 Å². The lowest BCUT2D eigenvalue weighted by atomic mass is 9.94. The second-order valence-corrected chi connectivity index (χ2v) is 10.8. The maximum atomic E-state index is 12.8. The number of halogens is 3. The van der Waals surface area contributed by atoms with Gasteiger partial charge in [0.05, 0.1) is 17.2 Å². The highest BCUT2D eigenvalue weighted by Crippen LogP contribution is 2.37. The van der Waals surface area contributed by atoms with Crippen LogP contribution < -0.4 is 5.32 Å². The molecule has 0 aliphatic carbocycles. The van der Waals surface area contributed by atoms with Crippen LogP contribution in [-0.2, 0) is 14.9 Å². The van der Waals surface area contributed by atoms with Crippen molar-refractivity contribution in [2.24, 2.45) is 11.8 Å². The first-order valence-corrected chi connectivity index (χ1v) is 12.5. The quantitative estimate of drug-likeness (QED) is 0.177. The van der Waals surface area contributed by atoms with Gasteiger partial charge in [0, 0.05) is 10.3 Å². The van der Waals surface area contributed by atoms with Crippen LogP contribution in [0.3, 0.4) is 0 Å². The number of amides is 2. The predicted molar refractivity (Wildman–Crippen MR) is 119 cm³/mol. The number of hydrogen-bond acceptors (Lipinski definition) is 8. The zero-order valence-corrected chi connectivity index (χ0v) is 20.0. The predicted octanol–water partition coefficient (Wildman–Crippen LogP) is 3.47. The molecule has 190 valence electrons. The van der Waals surface area contributed by atoms with E-state index in [1.165, 1.54) is 0 Å². The van der Waals surface area contributed by atoms with E-state index in [1.54, 1.807) is 30.3 Å². The molecule has 0 spiro atoms. The Morgan fingerprint density at radius 3 is 2.34 bits per heavy atom. The molecule has 2 aromatic carbocycles. The largest absolute Gasteiger partial charge is 0.522 e. The number of carbonyl (C=O) groups is 3. The lowest BCUT2D eigenvalue weighted by molar-refractivity contribution is -0.112. The highest BCUT2D eigenvalue weighted by atomic mass is 32.2. The number of hydrogen-bond donors (Lipinski definition) is 3. The van der Waals surface area contributed by atoms with E-state index >= 15 is 0 Å². The molecule has 35 heavy (non-hydrogen) atoms. The van der Waals surface area contributed by atoms with Crippen molar-refractivity contribution in [3.63, 3.8) is 0 Å². The van der Waals surface area contributed by atoms with E-state index in [9.17, 15) is 32.8 Å². The summed E-state index contributed by atoms with van der Waals surface area (Å²) in [4.78, 5) is 38.1. The summed E-state index contributed by atoms with van der Waals surface area (Å²) in [5.74, 6) is -0.587. The van der Waals surface area contributed by atoms with E-state index in [4.69, 9.17) is 13.0 Å². The molecule has 1 fully saturated rings. The number of thioether (sulfide) groups is 1. The third-order valence-corrected chi connectivity index (χ3v) is 7.36. The van der Waals surface area contributed by atoms with Crippen LogP contribution in [0.2, 0.25) is 0 Å². The number of carbonyl (C=O) groups excluding carboxylic acids is 3. The van der Waals surface area contributed by atoms with Gasteiger partial charge in [-0.3, -0.25) is 24.1 Å². The summed E-state index contributed by atoms with van der Waals surface area (Å²) < 4.78 is 57.5. The number of nitrogens with one attached hydrogen (secondary N) is 1. The maximum Gasteiger partial charge on any atom is 0.522 e. The second-order valence-electron chi connectivity index (χ2n) is 8.31. The smallest absolute Gasteiger partial charge is 0.306 e. The first kappa shape index (κ1) is 27.1. The van der Waals surface area contributed by atoms with Gasteiger partial charge in [-0.2, -0.15) is 21.6 Å². The SMILES string of the molecule is CC(C)C1CNC(C(=O)Sc2ccc3cccc4c3c2C(=O)N(O)C4=O)C1.O=S(=O)(O)C(F)(F)F. The Balaban J connectivity index is 0.000000371. The van der Waals surface area contributed by atoms with Crippen molar-refractivity contribution in [2.45, 2.75) is 36.7 Å². The van der Waals surface area contributed by atoms with Gasteiger partial charge in [-0.15, -0.1) is 5.06 Å². The Kier molecular flexibility index (Phi) is 7.62. The van der Waals surface area contributed by atoms with Crippen molar-refractivity contribution in [3.8, 4) is 0 Å². The topological polar surface area (TPSA) is 141 Å². The zero-order valence-electron chi connectivity index (χ0n) is 18.4. The molecule has 0 saturated carbocycles. The average Bonchev–Trinajstić information content (AvgIpc) is 3.26. The van der Waals surface area contributed by atoms with Gasteiger partial charge in [0.15, 0.2) is 0 Å². The fourth-order valence-corrected chi connectivity index (χ4v) is 4.74. The van der Waals surface area contributed by atoms with Crippen molar-refractivity contribution in [1.82, 2.24) is 10.4 Å². The minimum atomic E-state index is -5.84. The minimum absolute atomic E-state index is 0.0552. The molecule has 3 N–H and O–H groups in total. The summed E-state index contributed by atoms with van der Waals surface area (Å²) in [5.41, 5.74) is -5.06. The first-order chi connectivity index (χ1) is 16.1. The average molecular weight is 535 g/mol. The lowest BCUT2D eigenvalue weighted by Crippen LogP contribution is -2.38. The maximum absolute atomic E-state index is 12.8. The molecule has 2 unspecified atom stereocenters. The number of benzene rings is 2. The molecule has 2 atom stereocenters. The Hall–Kier alpha value is -2.52. The summed E-state index contributed by atoms with van der Waals surface area (Å²) in [6, 6.07) is 8.33. The van der Waals surface area contributed by atoms with Crippen molar-refractivity contribution >= 4 is 49.6 Å². The van der Waals surface area contributed by atoms with Crippen LogP contribution in [0.4, 0.5) is 13.2 Å². The number of hydroxylamine groups is 2. The highest BCUT2D eigenvalue weighted by molar-refractivity contribution is 8.13. The summed E-state index contributed by atoms with van der Waals surface area (Å²) in [5, 5.41) is 14.5. The molecule has 9 nitrogen and oxygen atoms in total. The molecule has 0 radical (unpaired) electrons. The molecule has 2 aliphatic rings. The normalized spacial score (nSPS) is 20.3. The molecule has 2 aromatic rings. The van der Waals surface area contributed by atoms with E-state index in [0.29, 0.717) is 22.1 Å². The van der Waals surface area contributed by atoms with Crippen LogP contribution in [-0.4, -0.2) is 58.3 Å². The van der Waals surface area contributed by atoms with E-state index in [0.717, 1.165) is 30.1 Å². The third kappa shape index (κ3) is 5.51. The first-order valence-electron chi connectivity index (χ1n) is 10.3. The molecule has 4 rings (SSSR count). The van der Waals surface area contributed by atoms with Crippen LogP contribution in [0.5, 0.6) is 0 Å². The van der Waals surface area contributed by atoms with Crippen LogP contribution >= 0.6 is 11.8 Å². The van der Waals surface area contributed by atoms with Gasteiger partial charge in [-0.05, 0) is 54.1 Å². The number of nitrogens with zero attached hydrogens (tertiary/aromatic N) is 1. The molecule has 2 amide bonds. The summed E-state index contributed by atoms with van der Waals surface area (Å²) in [6.45, 7) is 5.10. The van der Waals surface area contributed by atoms with Crippen LogP contribution in [0, 0.1) is 11.8 Å². The minimum Gasteiger partial charge on any atom is -0.306 e. The number of rotatable bonds is 3.